The van der Waals surface area contributed by atoms with Crippen LogP contribution in [-0.2, 0) is 16.1 Å². The van der Waals surface area contributed by atoms with E-state index < -0.39 is 0 Å². The maximum atomic E-state index is 12.0. The molecule has 6 nitrogen and oxygen atoms in total. The molecular formula is C17H23ClN4O2. The summed E-state index contributed by atoms with van der Waals surface area (Å²) >= 11 is 0. The lowest BCUT2D eigenvalue weighted by molar-refractivity contribution is -0.121. The summed E-state index contributed by atoms with van der Waals surface area (Å²) < 4.78 is 1.87. The van der Waals surface area contributed by atoms with Gasteiger partial charge in [-0.2, -0.15) is 0 Å². The van der Waals surface area contributed by atoms with E-state index in [2.05, 4.69) is 16.0 Å². The minimum absolute atomic E-state index is 0. The Morgan fingerprint density at radius 3 is 2.71 bits per heavy atom. The molecule has 0 aliphatic heterocycles. The van der Waals surface area contributed by atoms with E-state index in [0.29, 0.717) is 6.54 Å². The number of benzene rings is 1. The highest BCUT2D eigenvalue weighted by Gasteiger charge is 2.20. The average Bonchev–Trinajstić information content (AvgIpc) is 3.28. The molecule has 7 heteroatoms. The number of anilines is 1. The van der Waals surface area contributed by atoms with Gasteiger partial charge in [-0.3, -0.25) is 9.59 Å². The number of fused-ring (bicyclic) bond motifs is 1. The predicted molar refractivity (Wildman–Crippen MR) is 97.5 cm³/mol. The summed E-state index contributed by atoms with van der Waals surface area (Å²) in [5.74, 6) is 0.655. The number of carbonyl (C=O) groups excluding carboxylic acids is 2. The maximum Gasteiger partial charge on any atom is 0.239 e. The van der Waals surface area contributed by atoms with E-state index in [1.807, 2.05) is 35.0 Å². The molecule has 1 fully saturated rings. The van der Waals surface area contributed by atoms with E-state index in [4.69, 9.17) is 0 Å². The number of hydrogen-bond acceptors (Lipinski definition) is 3. The van der Waals surface area contributed by atoms with Crippen molar-refractivity contribution in [2.75, 3.05) is 25.5 Å². The summed E-state index contributed by atoms with van der Waals surface area (Å²) in [6, 6.07) is 7.69. The second kappa shape index (κ2) is 8.17. The Hall–Kier alpha value is -2.05. The molecule has 0 saturated heterocycles. The Labute approximate surface area is 147 Å². The Morgan fingerprint density at radius 1 is 1.21 bits per heavy atom. The maximum absolute atomic E-state index is 12.0. The van der Waals surface area contributed by atoms with Crippen LogP contribution in [0.4, 0.5) is 5.69 Å². The third kappa shape index (κ3) is 4.72. The second-order valence-electron chi connectivity index (χ2n) is 6.01. The molecule has 2 aromatic rings. The van der Waals surface area contributed by atoms with Crippen molar-refractivity contribution in [1.82, 2.24) is 15.2 Å². The van der Waals surface area contributed by atoms with Gasteiger partial charge in [-0.1, -0.05) is 6.07 Å². The first-order valence-electron chi connectivity index (χ1n) is 7.96. The van der Waals surface area contributed by atoms with Crippen molar-refractivity contribution in [3.05, 3.63) is 30.5 Å². The highest BCUT2D eigenvalue weighted by atomic mass is 35.5. The van der Waals surface area contributed by atoms with E-state index in [9.17, 15) is 9.59 Å². The van der Waals surface area contributed by atoms with Gasteiger partial charge in [0.2, 0.25) is 11.8 Å². The summed E-state index contributed by atoms with van der Waals surface area (Å²) in [4.78, 5) is 23.5. The molecule has 0 radical (unpaired) electrons. The molecular weight excluding hydrogens is 328 g/mol. The number of likely N-dealkylation sites (N-methyl/N-ethyl adjacent to an activating group) is 1. The summed E-state index contributed by atoms with van der Waals surface area (Å²) in [6.45, 7) is 1.51. The topological polar surface area (TPSA) is 75.2 Å². The van der Waals surface area contributed by atoms with Gasteiger partial charge in [0, 0.05) is 18.9 Å². The Kier molecular flexibility index (Phi) is 6.23. The van der Waals surface area contributed by atoms with Crippen LogP contribution in [0.15, 0.2) is 30.5 Å². The van der Waals surface area contributed by atoms with Gasteiger partial charge in [0.25, 0.3) is 0 Å². The van der Waals surface area contributed by atoms with Crippen molar-refractivity contribution in [3.63, 3.8) is 0 Å². The molecule has 0 atom stereocenters. The number of carbonyl (C=O) groups is 2. The zero-order chi connectivity index (χ0) is 16.2. The summed E-state index contributed by atoms with van der Waals surface area (Å²) in [5, 5.41) is 9.73. The first kappa shape index (κ1) is 18.3. The second-order valence-corrected chi connectivity index (χ2v) is 6.01. The molecule has 1 heterocycles. The molecule has 3 N–H and O–H groups in total. The molecule has 1 saturated carbocycles. The van der Waals surface area contributed by atoms with Gasteiger partial charge < -0.3 is 20.5 Å². The third-order valence-corrected chi connectivity index (χ3v) is 4.07. The molecule has 130 valence electrons. The van der Waals surface area contributed by atoms with E-state index in [0.717, 1.165) is 29.1 Å². The molecule has 24 heavy (non-hydrogen) atoms. The zero-order valence-corrected chi connectivity index (χ0v) is 14.5. The van der Waals surface area contributed by atoms with Crippen LogP contribution < -0.4 is 16.0 Å². The summed E-state index contributed by atoms with van der Waals surface area (Å²) in [5.41, 5.74) is 1.67. The van der Waals surface area contributed by atoms with E-state index >= 15 is 0 Å². The average molecular weight is 351 g/mol. The highest BCUT2D eigenvalue weighted by molar-refractivity contribution is 5.95. The van der Waals surface area contributed by atoms with Gasteiger partial charge in [0.15, 0.2) is 0 Å². The molecule has 1 aliphatic carbocycles. The van der Waals surface area contributed by atoms with Gasteiger partial charge in [0.05, 0.1) is 12.1 Å². The van der Waals surface area contributed by atoms with Crippen LogP contribution in [0.5, 0.6) is 0 Å². The molecule has 3 rings (SSSR count). The quantitative estimate of drug-likeness (QED) is 0.712. The Balaban J connectivity index is 0.00000208. The van der Waals surface area contributed by atoms with Crippen LogP contribution in [0.1, 0.15) is 12.8 Å². The van der Waals surface area contributed by atoms with Crippen LogP contribution in [-0.4, -0.2) is 36.5 Å². The van der Waals surface area contributed by atoms with Crippen molar-refractivity contribution in [1.29, 1.82) is 0 Å². The van der Waals surface area contributed by atoms with E-state index in [-0.39, 0.29) is 30.8 Å². The molecule has 1 aromatic carbocycles. The minimum Gasteiger partial charge on any atom is -0.358 e. The van der Waals surface area contributed by atoms with Gasteiger partial charge in [-0.15, -0.1) is 12.4 Å². The first-order valence-corrected chi connectivity index (χ1v) is 7.96. The molecule has 1 aliphatic rings. The third-order valence-electron chi connectivity index (χ3n) is 4.07. The van der Waals surface area contributed by atoms with Gasteiger partial charge in [-0.05, 0) is 48.9 Å². The number of nitrogens with zero attached hydrogens (tertiary/aromatic N) is 1. The zero-order valence-electron chi connectivity index (χ0n) is 13.7. The molecule has 0 unspecified atom stereocenters. The summed E-state index contributed by atoms with van der Waals surface area (Å²) in [6.07, 6.45) is 4.42. The van der Waals surface area contributed by atoms with Crippen LogP contribution in [0.2, 0.25) is 0 Å². The SMILES string of the molecule is CNC(=O)Cn1ccc2ccc(NC(=O)CNCC3CC3)cc21.Cl. The normalized spacial score (nSPS) is 13.4. The fourth-order valence-corrected chi connectivity index (χ4v) is 2.55. The standard InChI is InChI=1S/C17H22N4O2.ClH/c1-18-17(23)11-21-7-6-13-4-5-14(8-15(13)21)20-16(22)10-19-9-12-2-3-12;/h4-8,12,19H,2-3,9-11H2,1H3,(H,18,23)(H,20,22);1H. The smallest absolute Gasteiger partial charge is 0.239 e. The predicted octanol–water partition coefficient (Wildman–Crippen LogP) is 1.75. The molecule has 1 aromatic heterocycles. The monoisotopic (exact) mass is 350 g/mol. The van der Waals surface area contributed by atoms with Crippen LogP contribution in [0, 0.1) is 5.92 Å². The van der Waals surface area contributed by atoms with Crippen LogP contribution in [0.3, 0.4) is 0 Å². The largest absolute Gasteiger partial charge is 0.358 e. The molecule has 2 amide bonds. The van der Waals surface area contributed by atoms with E-state index in [1.165, 1.54) is 12.8 Å². The minimum atomic E-state index is -0.0544. The Bertz CT molecular complexity index is 724. The van der Waals surface area contributed by atoms with Crippen molar-refractivity contribution >= 4 is 40.8 Å². The number of aromatic nitrogens is 1. The number of nitrogens with one attached hydrogen (secondary N) is 3. The van der Waals surface area contributed by atoms with Crippen LogP contribution >= 0.6 is 12.4 Å². The molecule has 0 bridgehead atoms. The number of amides is 2. The lowest BCUT2D eigenvalue weighted by Crippen LogP contribution is -2.29. The van der Waals surface area contributed by atoms with E-state index in [1.54, 1.807) is 7.05 Å². The highest BCUT2D eigenvalue weighted by Crippen LogP contribution is 2.27. The first-order chi connectivity index (χ1) is 11.2. The molecule has 0 spiro atoms. The number of rotatable bonds is 7. The van der Waals surface area contributed by atoms with Crippen molar-refractivity contribution in [2.24, 2.45) is 5.92 Å². The summed E-state index contributed by atoms with van der Waals surface area (Å²) in [7, 11) is 1.62. The van der Waals surface area contributed by atoms with Crippen molar-refractivity contribution < 1.29 is 9.59 Å². The number of halogens is 1. The van der Waals surface area contributed by atoms with Crippen molar-refractivity contribution in [2.45, 2.75) is 19.4 Å². The lowest BCUT2D eigenvalue weighted by Gasteiger charge is -2.08. The fraction of sp³-hybridized carbons (Fsp3) is 0.412. The lowest BCUT2D eigenvalue weighted by atomic mass is 10.2. The van der Waals surface area contributed by atoms with Gasteiger partial charge in [0.1, 0.15) is 6.54 Å². The number of hydrogen-bond donors (Lipinski definition) is 3. The van der Waals surface area contributed by atoms with Crippen molar-refractivity contribution in [3.8, 4) is 0 Å². The van der Waals surface area contributed by atoms with Gasteiger partial charge in [-0.25, -0.2) is 0 Å². The van der Waals surface area contributed by atoms with Crippen LogP contribution in [0.25, 0.3) is 10.9 Å². The fourth-order valence-electron chi connectivity index (χ4n) is 2.55. The Morgan fingerprint density at radius 2 is 2.00 bits per heavy atom. The van der Waals surface area contributed by atoms with Gasteiger partial charge >= 0.3 is 0 Å².